The fourth-order valence-corrected chi connectivity index (χ4v) is 3.44. The molecule has 0 spiro atoms. The van der Waals surface area contributed by atoms with Crippen LogP contribution in [0.2, 0.25) is 0 Å². The molecule has 5 N–H and O–H groups in total. The minimum atomic E-state index is -0.350. The quantitative estimate of drug-likeness (QED) is 0.486. The lowest BCUT2D eigenvalue weighted by atomic mass is 10.1. The molecule has 3 aromatic rings. The number of hydrogen-bond donors (Lipinski definition) is 4. The highest BCUT2D eigenvalue weighted by atomic mass is 16.2. The number of amides is 2. The molecule has 31 heavy (non-hydrogen) atoms. The molecule has 2 amide bonds. The number of aromatic nitrogens is 2. The first kappa shape index (κ1) is 20.5. The Kier molecular flexibility index (Phi) is 6.18. The van der Waals surface area contributed by atoms with Crippen molar-refractivity contribution in [3.8, 4) is 11.3 Å². The zero-order chi connectivity index (χ0) is 21.6. The van der Waals surface area contributed by atoms with E-state index in [-0.39, 0.29) is 29.4 Å². The number of anilines is 1. The van der Waals surface area contributed by atoms with Crippen LogP contribution in [0.3, 0.4) is 0 Å². The molecule has 1 aromatic heterocycles. The molecule has 0 aliphatic carbocycles. The van der Waals surface area contributed by atoms with Gasteiger partial charge in [0.15, 0.2) is 11.5 Å². The van der Waals surface area contributed by atoms with Gasteiger partial charge in [-0.15, -0.1) is 0 Å². The maximum atomic E-state index is 12.6. The normalized spacial score (nSPS) is 15.4. The molecule has 2 heterocycles. The number of carbonyl (C=O) groups is 2. The molecule has 158 valence electrons. The summed E-state index contributed by atoms with van der Waals surface area (Å²) >= 11 is 0. The number of benzene rings is 2. The number of hydrogen-bond acceptors (Lipinski definition) is 6. The lowest BCUT2D eigenvalue weighted by Gasteiger charge is -2.12. The van der Waals surface area contributed by atoms with Gasteiger partial charge < -0.3 is 21.7 Å². The summed E-state index contributed by atoms with van der Waals surface area (Å²) in [6, 6.07) is 16.8. The molecule has 1 atom stereocenters. The van der Waals surface area contributed by atoms with E-state index < -0.39 is 0 Å². The van der Waals surface area contributed by atoms with Crippen molar-refractivity contribution in [1.82, 2.24) is 25.9 Å². The predicted molar refractivity (Wildman–Crippen MR) is 118 cm³/mol. The second kappa shape index (κ2) is 9.36. The summed E-state index contributed by atoms with van der Waals surface area (Å²) in [6.07, 6.45) is 2.36. The number of nitrogens with two attached hydrogens (primary N) is 1. The molecular weight excluding hydrogens is 392 g/mol. The standard InChI is InChI=1S/C23H24N6O2/c24-21-20(23(31)28-18-9-10-25-13-18)29-19(14-26-21)16-7-4-8-17(11-16)22(30)27-12-15-5-2-1-3-6-15/h1-8,11,14,18,25H,9-10,12-13H2,(H2,24,26)(H,27,30)(H,28,31). The summed E-state index contributed by atoms with van der Waals surface area (Å²) in [7, 11) is 0. The molecule has 0 radical (unpaired) electrons. The Morgan fingerprint density at radius 1 is 1.10 bits per heavy atom. The molecular formula is C23H24N6O2. The van der Waals surface area contributed by atoms with Crippen molar-refractivity contribution in [2.75, 3.05) is 18.8 Å². The first-order chi connectivity index (χ1) is 15.1. The van der Waals surface area contributed by atoms with Crippen molar-refractivity contribution in [1.29, 1.82) is 0 Å². The zero-order valence-electron chi connectivity index (χ0n) is 17.0. The van der Waals surface area contributed by atoms with Crippen molar-refractivity contribution in [2.45, 2.75) is 19.0 Å². The van der Waals surface area contributed by atoms with Crippen molar-refractivity contribution < 1.29 is 9.59 Å². The Labute approximate surface area is 180 Å². The van der Waals surface area contributed by atoms with E-state index in [1.54, 1.807) is 18.2 Å². The molecule has 1 aliphatic rings. The number of carbonyl (C=O) groups excluding carboxylic acids is 2. The highest BCUT2D eigenvalue weighted by Gasteiger charge is 2.21. The van der Waals surface area contributed by atoms with Crippen LogP contribution in [0.4, 0.5) is 5.82 Å². The van der Waals surface area contributed by atoms with Crippen molar-refractivity contribution >= 4 is 17.6 Å². The summed E-state index contributed by atoms with van der Waals surface area (Å²) in [4.78, 5) is 33.8. The average Bonchev–Trinajstić information content (AvgIpc) is 3.31. The Morgan fingerprint density at radius 2 is 1.94 bits per heavy atom. The molecule has 1 aliphatic heterocycles. The highest BCUT2D eigenvalue weighted by molar-refractivity contribution is 5.97. The number of nitrogens with zero attached hydrogens (tertiary/aromatic N) is 2. The van der Waals surface area contributed by atoms with Gasteiger partial charge in [0.2, 0.25) is 0 Å². The molecule has 1 saturated heterocycles. The van der Waals surface area contributed by atoms with Gasteiger partial charge in [-0.3, -0.25) is 9.59 Å². The van der Waals surface area contributed by atoms with E-state index in [1.807, 2.05) is 36.4 Å². The third-order valence-electron chi connectivity index (χ3n) is 5.13. The van der Waals surface area contributed by atoms with Crippen LogP contribution in [-0.2, 0) is 6.54 Å². The number of rotatable bonds is 6. The van der Waals surface area contributed by atoms with Crippen LogP contribution in [-0.4, -0.2) is 40.9 Å². The fourth-order valence-electron chi connectivity index (χ4n) is 3.44. The van der Waals surface area contributed by atoms with E-state index in [1.165, 1.54) is 6.20 Å². The first-order valence-electron chi connectivity index (χ1n) is 10.2. The topological polar surface area (TPSA) is 122 Å². The lowest BCUT2D eigenvalue weighted by Crippen LogP contribution is -2.37. The minimum absolute atomic E-state index is 0.0500. The maximum absolute atomic E-state index is 12.6. The van der Waals surface area contributed by atoms with Gasteiger partial charge in [0.1, 0.15) is 0 Å². The van der Waals surface area contributed by atoms with Crippen LogP contribution in [0.5, 0.6) is 0 Å². The highest BCUT2D eigenvalue weighted by Crippen LogP contribution is 2.20. The molecule has 1 unspecified atom stereocenters. The molecule has 8 nitrogen and oxygen atoms in total. The van der Waals surface area contributed by atoms with Gasteiger partial charge >= 0.3 is 0 Å². The van der Waals surface area contributed by atoms with Crippen molar-refractivity contribution in [2.24, 2.45) is 0 Å². The summed E-state index contributed by atoms with van der Waals surface area (Å²) in [5.74, 6) is -0.470. The lowest BCUT2D eigenvalue weighted by molar-refractivity contribution is 0.0932. The van der Waals surface area contributed by atoms with E-state index in [0.717, 1.165) is 25.1 Å². The summed E-state index contributed by atoms with van der Waals surface area (Å²) in [6.45, 7) is 2.02. The second-order valence-electron chi connectivity index (χ2n) is 7.40. The fraction of sp³-hybridized carbons (Fsp3) is 0.217. The van der Waals surface area contributed by atoms with Crippen LogP contribution >= 0.6 is 0 Å². The predicted octanol–water partition coefficient (Wildman–Crippen LogP) is 1.75. The van der Waals surface area contributed by atoms with Crippen LogP contribution in [0.25, 0.3) is 11.3 Å². The van der Waals surface area contributed by atoms with Gasteiger partial charge in [-0.1, -0.05) is 42.5 Å². The molecule has 1 fully saturated rings. The van der Waals surface area contributed by atoms with Gasteiger partial charge in [0, 0.05) is 30.3 Å². The van der Waals surface area contributed by atoms with Crippen LogP contribution in [0.1, 0.15) is 32.8 Å². The smallest absolute Gasteiger partial charge is 0.274 e. The number of nitrogens with one attached hydrogen (secondary N) is 3. The Morgan fingerprint density at radius 3 is 2.71 bits per heavy atom. The summed E-state index contributed by atoms with van der Waals surface area (Å²) < 4.78 is 0. The van der Waals surface area contributed by atoms with Gasteiger partial charge in [-0.2, -0.15) is 0 Å². The molecule has 8 heteroatoms. The second-order valence-corrected chi connectivity index (χ2v) is 7.40. The first-order valence-corrected chi connectivity index (χ1v) is 10.2. The number of nitrogen functional groups attached to an aromatic ring is 1. The molecule has 0 saturated carbocycles. The van der Waals surface area contributed by atoms with E-state index in [4.69, 9.17) is 5.73 Å². The largest absolute Gasteiger partial charge is 0.382 e. The van der Waals surface area contributed by atoms with Gasteiger partial charge in [-0.05, 0) is 30.7 Å². The van der Waals surface area contributed by atoms with Crippen molar-refractivity contribution in [3.05, 3.63) is 77.6 Å². The monoisotopic (exact) mass is 416 g/mol. The molecule has 4 rings (SSSR count). The van der Waals surface area contributed by atoms with Gasteiger partial charge in [0.05, 0.1) is 11.9 Å². The maximum Gasteiger partial charge on any atom is 0.274 e. The van der Waals surface area contributed by atoms with E-state index >= 15 is 0 Å². The van der Waals surface area contributed by atoms with Crippen molar-refractivity contribution in [3.63, 3.8) is 0 Å². The molecule has 2 aromatic carbocycles. The third kappa shape index (κ3) is 5.04. The third-order valence-corrected chi connectivity index (χ3v) is 5.13. The van der Waals surface area contributed by atoms with E-state index in [2.05, 4.69) is 25.9 Å². The van der Waals surface area contributed by atoms with E-state index in [9.17, 15) is 9.59 Å². The summed E-state index contributed by atoms with van der Waals surface area (Å²) in [5, 5.41) is 9.04. The van der Waals surface area contributed by atoms with Crippen LogP contribution in [0.15, 0.2) is 60.8 Å². The van der Waals surface area contributed by atoms with Crippen LogP contribution < -0.4 is 21.7 Å². The zero-order valence-corrected chi connectivity index (χ0v) is 17.0. The van der Waals surface area contributed by atoms with Gasteiger partial charge in [-0.25, -0.2) is 9.97 Å². The Balaban J connectivity index is 1.50. The average molecular weight is 416 g/mol. The molecule has 0 bridgehead atoms. The Bertz CT molecular complexity index is 1080. The SMILES string of the molecule is Nc1ncc(-c2cccc(C(=O)NCc3ccccc3)c2)nc1C(=O)NC1CCNC1. The van der Waals surface area contributed by atoms with Crippen LogP contribution in [0, 0.1) is 0 Å². The Hall–Kier alpha value is -3.78. The summed E-state index contributed by atoms with van der Waals surface area (Å²) in [5.41, 5.74) is 8.65. The van der Waals surface area contributed by atoms with E-state index in [0.29, 0.717) is 23.4 Å². The van der Waals surface area contributed by atoms with Gasteiger partial charge in [0.25, 0.3) is 11.8 Å². The minimum Gasteiger partial charge on any atom is -0.382 e.